The Morgan fingerprint density at radius 2 is 1.70 bits per heavy atom. The van der Waals surface area contributed by atoms with Crippen molar-refractivity contribution in [3.63, 3.8) is 0 Å². The van der Waals surface area contributed by atoms with Gasteiger partial charge in [0.1, 0.15) is 6.04 Å². The number of aromatic amines is 2. The van der Waals surface area contributed by atoms with Gasteiger partial charge in [-0.05, 0) is 60.4 Å². The Labute approximate surface area is 294 Å². The maximum atomic E-state index is 14.2. The average molecular weight is 694 g/mol. The number of carbonyl (C=O) groups is 4. The minimum Gasteiger partial charge on any atom is -0.361 e. The number of fused-ring (bicyclic) bond motifs is 3. The predicted molar refractivity (Wildman–Crippen MR) is 191 cm³/mol. The lowest BCUT2D eigenvalue weighted by Crippen LogP contribution is -2.56. The Morgan fingerprint density at radius 1 is 0.920 bits per heavy atom. The van der Waals surface area contributed by atoms with E-state index in [0.29, 0.717) is 43.2 Å². The van der Waals surface area contributed by atoms with Crippen LogP contribution in [-0.4, -0.2) is 87.9 Å². The van der Waals surface area contributed by atoms with Gasteiger partial charge in [-0.3, -0.25) is 24.3 Å². The molecule has 4 amide bonds. The minimum absolute atomic E-state index is 0.106. The Kier molecular flexibility index (Phi) is 9.58. The summed E-state index contributed by atoms with van der Waals surface area (Å²) in [6.45, 7) is 1.35. The fourth-order valence-corrected chi connectivity index (χ4v) is 7.83. The summed E-state index contributed by atoms with van der Waals surface area (Å²) in [6, 6.07) is 22.3. The number of aryl methyl sites for hydroxylation is 1. The van der Waals surface area contributed by atoms with Crippen LogP contribution in [0.3, 0.4) is 0 Å². The van der Waals surface area contributed by atoms with Crippen molar-refractivity contribution in [2.75, 3.05) is 33.2 Å². The van der Waals surface area contributed by atoms with Crippen molar-refractivity contribution in [2.45, 2.75) is 31.7 Å². The molecule has 0 bridgehead atoms. The Balaban J connectivity index is 1.11. The SMILES string of the molecule is CNC(=O)[C@H](CCCc1ccccc1)NC(=O)C1CN(C(=O)Cc2c[nH]c3cc(Cl)ccc23)CC2CN(C(=O)c3n[nH]c4ccccc34)CC21. The smallest absolute Gasteiger partial charge is 0.275 e. The molecule has 258 valence electrons. The summed E-state index contributed by atoms with van der Waals surface area (Å²) in [6.07, 6.45) is 3.92. The van der Waals surface area contributed by atoms with Gasteiger partial charge in [0.2, 0.25) is 17.7 Å². The van der Waals surface area contributed by atoms with E-state index in [-0.39, 0.29) is 48.4 Å². The molecule has 3 aromatic carbocycles. The number of piperidine rings is 1. The van der Waals surface area contributed by atoms with Crippen LogP contribution in [-0.2, 0) is 27.2 Å². The van der Waals surface area contributed by atoms with Gasteiger partial charge in [-0.25, -0.2) is 0 Å². The van der Waals surface area contributed by atoms with Crippen molar-refractivity contribution in [3.8, 4) is 0 Å². The topological polar surface area (TPSA) is 143 Å². The highest BCUT2D eigenvalue weighted by atomic mass is 35.5. The molecule has 4 N–H and O–H groups in total. The summed E-state index contributed by atoms with van der Waals surface area (Å²) in [5.41, 5.74) is 3.97. The first kappa shape index (κ1) is 33.3. The molecule has 11 nitrogen and oxygen atoms in total. The molecule has 3 unspecified atom stereocenters. The third-order valence-electron chi connectivity index (χ3n) is 10.3. The minimum atomic E-state index is -0.728. The number of hydrogen-bond acceptors (Lipinski definition) is 5. The summed E-state index contributed by atoms with van der Waals surface area (Å²) in [7, 11) is 1.56. The van der Waals surface area contributed by atoms with Gasteiger partial charge in [0.25, 0.3) is 5.91 Å². The number of carbonyl (C=O) groups excluding carboxylic acids is 4. The first-order chi connectivity index (χ1) is 24.3. The Hall–Kier alpha value is -5.16. The lowest BCUT2D eigenvalue weighted by atomic mass is 9.79. The van der Waals surface area contributed by atoms with Crippen LogP contribution in [0.5, 0.6) is 0 Å². The number of likely N-dealkylation sites (tertiary alicyclic amines) is 2. The molecule has 2 saturated heterocycles. The van der Waals surface area contributed by atoms with E-state index in [1.165, 1.54) is 0 Å². The summed E-state index contributed by atoms with van der Waals surface area (Å²) >= 11 is 6.18. The van der Waals surface area contributed by atoms with E-state index < -0.39 is 12.0 Å². The molecule has 50 heavy (non-hydrogen) atoms. The van der Waals surface area contributed by atoms with Gasteiger partial charge in [-0.2, -0.15) is 5.10 Å². The predicted octanol–water partition coefficient (Wildman–Crippen LogP) is 4.34. The van der Waals surface area contributed by atoms with Crippen molar-refractivity contribution in [3.05, 3.63) is 101 Å². The van der Waals surface area contributed by atoms with Crippen molar-refractivity contribution >= 4 is 57.0 Å². The molecule has 0 aliphatic carbocycles. The average Bonchev–Trinajstić information content (AvgIpc) is 3.87. The molecule has 2 aliphatic rings. The van der Waals surface area contributed by atoms with Gasteiger partial charge < -0.3 is 25.4 Å². The zero-order valence-electron chi connectivity index (χ0n) is 27.8. The molecule has 2 aromatic heterocycles. The molecule has 0 saturated carbocycles. The van der Waals surface area contributed by atoms with E-state index in [2.05, 4.69) is 25.8 Å². The van der Waals surface area contributed by atoms with Crippen LogP contribution in [0.2, 0.25) is 5.02 Å². The van der Waals surface area contributed by atoms with E-state index in [9.17, 15) is 19.2 Å². The number of para-hydroxylation sites is 1. The fraction of sp³-hybridized carbons (Fsp3) is 0.342. The van der Waals surface area contributed by atoms with Crippen LogP contribution in [0.15, 0.2) is 79.0 Å². The quantitative estimate of drug-likeness (QED) is 0.172. The Bertz CT molecular complexity index is 2040. The van der Waals surface area contributed by atoms with Crippen LogP contribution < -0.4 is 10.6 Å². The van der Waals surface area contributed by atoms with E-state index >= 15 is 0 Å². The lowest BCUT2D eigenvalue weighted by molar-refractivity contribution is -0.140. The first-order valence-corrected chi connectivity index (χ1v) is 17.5. The number of likely N-dealkylation sites (N-methyl/N-ethyl adjacent to an activating group) is 1. The van der Waals surface area contributed by atoms with E-state index in [1.54, 1.807) is 22.9 Å². The zero-order chi connectivity index (χ0) is 34.8. The van der Waals surface area contributed by atoms with E-state index in [1.807, 2.05) is 72.9 Å². The van der Waals surface area contributed by atoms with Crippen LogP contribution in [0.25, 0.3) is 21.8 Å². The second-order valence-electron chi connectivity index (χ2n) is 13.4. The molecule has 0 spiro atoms. The Morgan fingerprint density at radius 3 is 2.52 bits per heavy atom. The third-order valence-corrected chi connectivity index (χ3v) is 10.5. The number of nitrogens with zero attached hydrogens (tertiary/aromatic N) is 3. The van der Waals surface area contributed by atoms with Crippen molar-refractivity contribution in [1.82, 2.24) is 35.6 Å². The lowest BCUT2D eigenvalue weighted by Gasteiger charge is -2.40. The molecule has 0 radical (unpaired) electrons. The van der Waals surface area contributed by atoms with Crippen molar-refractivity contribution in [1.29, 1.82) is 0 Å². The highest BCUT2D eigenvalue weighted by Crippen LogP contribution is 2.37. The maximum Gasteiger partial charge on any atom is 0.275 e. The second kappa shape index (κ2) is 14.4. The number of nitrogens with one attached hydrogen (secondary N) is 4. The summed E-state index contributed by atoms with van der Waals surface area (Å²) in [5.74, 6) is -1.81. The van der Waals surface area contributed by atoms with Gasteiger partial charge in [-0.1, -0.05) is 66.2 Å². The molecular weight excluding hydrogens is 654 g/mol. The van der Waals surface area contributed by atoms with Crippen LogP contribution >= 0.6 is 11.6 Å². The zero-order valence-corrected chi connectivity index (χ0v) is 28.6. The number of hydrogen-bond donors (Lipinski definition) is 4. The molecule has 2 aliphatic heterocycles. The van der Waals surface area contributed by atoms with Crippen LogP contribution in [0, 0.1) is 17.8 Å². The highest BCUT2D eigenvalue weighted by molar-refractivity contribution is 6.31. The maximum absolute atomic E-state index is 14.2. The largest absolute Gasteiger partial charge is 0.361 e. The second-order valence-corrected chi connectivity index (χ2v) is 13.8. The number of H-pyrrole nitrogens is 2. The number of benzene rings is 3. The summed E-state index contributed by atoms with van der Waals surface area (Å²) in [4.78, 5) is 61.7. The number of halogens is 1. The molecule has 4 heterocycles. The van der Waals surface area contributed by atoms with E-state index in [4.69, 9.17) is 11.6 Å². The van der Waals surface area contributed by atoms with Gasteiger partial charge in [0, 0.05) is 60.7 Å². The summed E-state index contributed by atoms with van der Waals surface area (Å²) < 4.78 is 0. The van der Waals surface area contributed by atoms with E-state index in [0.717, 1.165) is 39.4 Å². The van der Waals surface area contributed by atoms with Crippen molar-refractivity contribution in [2.24, 2.45) is 17.8 Å². The third kappa shape index (κ3) is 6.82. The molecular formula is C38H40ClN7O4. The van der Waals surface area contributed by atoms with Gasteiger partial charge in [-0.15, -0.1) is 0 Å². The standard InChI is InChI=1S/C38H40ClN7O4/c1-40-37(49)32(13-7-10-23-8-3-2-4-9-23)42-36(48)30-22-45(34(47)16-24-18-41-33-17-26(39)14-15-27(24)33)19-25-20-46(21-29(25)30)38(50)35-28-11-5-6-12-31(28)43-44-35/h2-6,8-9,11-12,14-15,17-18,25,29-30,32,41H,7,10,13,16,19-22H2,1H3,(H,40,49)(H,42,48)(H,43,44)/t25?,29?,30?,32-/m0/s1. The normalized spacial score (nSPS) is 19.4. The van der Waals surface area contributed by atoms with Crippen LogP contribution in [0.4, 0.5) is 0 Å². The van der Waals surface area contributed by atoms with Crippen molar-refractivity contribution < 1.29 is 19.2 Å². The molecule has 5 aromatic rings. The first-order valence-electron chi connectivity index (χ1n) is 17.1. The van der Waals surface area contributed by atoms with Gasteiger partial charge >= 0.3 is 0 Å². The highest BCUT2D eigenvalue weighted by Gasteiger charge is 2.48. The van der Waals surface area contributed by atoms with Gasteiger partial charge in [0.05, 0.1) is 17.9 Å². The number of rotatable bonds is 10. The van der Waals surface area contributed by atoms with Gasteiger partial charge in [0.15, 0.2) is 5.69 Å². The fourth-order valence-electron chi connectivity index (χ4n) is 7.66. The number of amides is 4. The summed E-state index contributed by atoms with van der Waals surface area (Å²) in [5, 5.41) is 15.3. The number of aromatic nitrogens is 3. The molecule has 4 atom stereocenters. The molecule has 2 fully saturated rings. The monoisotopic (exact) mass is 693 g/mol. The molecule has 7 rings (SSSR count). The van der Waals surface area contributed by atoms with Crippen LogP contribution in [0.1, 0.15) is 34.5 Å². The molecule has 12 heteroatoms.